The van der Waals surface area contributed by atoms with E-state index in [-0.39, 0.29) is 6.61 Å². The van der Waals surface area contributed by atoms with Gasteiger partial charge in [0.25, 0.3) is 0 Å². The van der Waals surface area contributed by atoms with Crippen LogP contribution in [0.1, 0.15) is 6.92 Å². The van der Waals surface area contributed by atoms with Crippen molar-refractivity contribution in [3.8, 4) is 0 Å². The Morgan fingerprint density at radius 3 is 2.76 bits per heavy atom. The van der Waals surface area contributed by atoms with Crippen molar-refractivity contribution in [1.82, 2.24) is 4.98 Å². The van der Waals surface area contributed by atoms with Gasteiger partial charge in [-0.15, -0.1) is 0 Å². The highest BCUT2D eigenvalue weighted by atomic mass is 16.5. The zero-order valence-electron chi connectivity index (χ0n) is 9.90. The van der Waals surface area contributed by atoms with E-state index in [9.17, 15) is 4.79 Å². The number of hydrogen-bond donors (Lipinski definition) is 3. The van der Waals surface area contributed by atoms with Crippen LogP contribution in [-0.2, 0) is 9.53 Å². The maximum Gasteiger partial charge on any atom is 0.243 e. The first-order chi connectivity index (χ1) is 8.22. The fourth-order valence-electron chi connectivity index (χ4n) is 1.28. The summed E-state index contributed by atoms with van der Waals surface area (Å²) in [5, 5.41) is 6.31. The molecule has 6 heteroatoms. The third-order valence-corrected chi connectivity index (χ3v) is 1.94. The Morgan fingerprint density at radius 1 is 1.41 bits per heavy atom. The number of primary amides is 1. The van der Waals surface area contributed by atoms with Crippen LogP contribution in [0.5, 0.6) is 0 Å². The monoisotopic (exact) mass is 238 g/mol. The maximum absolute atomic E-state index is 10.4. The highest BCUT2D eigenvalue weighted by Crippen LogP contribution is 2.11. The first-order valence-corrected chi connectivity index (χ1v) is 5.51. The predicted molar refractivity (Wildman–Crippen MR) is 66.9 cm³/mol. The van der Waals surface area contributed by atoms with Crippen molar-refractivity contribution in [1.29, 1.82) is 0 Å². The molecular formula is C11H18N4O2. The fourth-order valence-corrected chi connectivity index (χ4v) is 1.28. The van der Waals surface area contributed by atoms with Crippen molar-refractivity contribution >= 4 is 17.3 Å². The minimum Gasteiger partial charge on any atom is -0.384 e. The fraction of sp³-hybridized carbons (Fsp3) is 0.455. The van der Waals surface area contributed by atoms with E-state index in [1.807, 2.05) is 13.0 Å². The first-order valence-electron chi connectivity index (χ1n) is 5.51. The number of carbonyl (C=O) groups excluding carboxylic acids is 1. The number of nitrogens with one attached hydrogen (secondary N) is 2. The topological polar surface area (TPSA) is 89.3 Å². The van der Waals surface area contributed by atoms with Crippen LogP contribution in [0.2, 0.25) is 0 Å². The lowest BCUT2D eigenvalue weighted by molar-refractivity contribution is -0.122. The van der Waals surface area contributed by atoms with E-state index in [0.29, 0.717) is 13.2 Å². The van der Waals surface area contributed by atoms with Crippen molar-refractivity contribution in [2.75, 3.05) is 36.9 Å². The number of ether oxygens (including phenoxy) is 1. The molecule has 0 unspecified atom stereocenters. The highest BCUT2D eigenvalue weighted by molar-refractivity contribution is 5.74. The van der Waals surface area contributed by atoms with Gasteiger partial charge in [-0.3, -0.25) is 9.78 Å². The summed E-state index contributed by atoms with van der Waals surface area (Å²) < 4.78 is 5.02. The number of hydrogen-bond acceptors (Lipinski definition) is 5. The number of rotatable bonds is 8. The van der Waals surface area contributed by atoms with Gasteiger partial charge in [-0.2, -0.15) is 0 Å². The molecule has 94 valence electrons. The summed E-state index contributed by atoms with van der Waals surface area (Å²) in [4.78, 5) is 14.5. The molecule has 4 N–H and O–H groups in total. The second-order valence-corrected chi connectivity index (χ2v) is 3.44. The van der Waals surface area contributed by atoms with E-state index in [1.54, 1.807) is 12.4 Å². The summed E-state index contributed by atoms with van der Waals surface area (Å²) in [6.07, 6.45) is 3.49. The van der Waals surface area contributed by atoms with Crippen LogP contribution in [0.4, 0.5) is 11.4 Å². The van der Waals surface area contributed by atoms with E-state index in [4.69, 9.17) is 10.5 Å². The second-order valence-electron chi connectivity index (χ2n) is 3.44. The van der Waals surface area contributed by atoms with Crippen molar-refractivity contribution in [3.05, 3.63) is 18.5 Å². The summed E-state index contributed by atoms with van der Waals surface area (Å²) in [5.41, 5.74) is 6.81. The van der Waals surface area contributed by atoms with Crippen LogP contribution in [0.15, 0.2) is 18.5 Å². The molecule has 17 heavy (non-hydrogen) atoms. The molecule has 0 radical (unpaired) electrons. The van der Waals surface area contributed by atoms with Gasteiger partial charge < -0.3 is 21.1 Å². The Labute approximate surface area is 101 Å². The standard InChI is InChI=1S/C11H18N4O2/c1-2-14-9-5-10(7-13-6-9)15-3-4-17-8-11(12)16/h5-7,14-15H,2-4,8H2,1H3,(H2,12,16). The molecule has 0 fully saturated rings. The lowest BCUT2D eigenvalue weighted by Gasteiger charge is -2.08. The van der Waals surface area contributed by atoms with Crippen LogP contribution < -0.4 is 16.4 Å². The number of amides is 1. The summed E-state index contributed by atoms with van der Waals surface area (Å²) in [6.45, 7) is 3.86. The van der Waals surface area contributed by atoms with Crippen molar-refractivity contribution < 1.29 is 9.53 Å². The summed E-state index contributed by atoms with van der Waals surface area (Å²) in [7, 11) is 0. The molecule has 0 aliphatic heterocycles. The van der Waals surface area contributed by atoms with Gasteiger partial charge in [0.2, 0.25) is 5.91 Å². The van der Waals surface area contributed by atoms with Crippen LogP contribution in [0.3, 0.4) is 0 Å². The van der Waals surface area contributed by atoms with Gasteiger partial charge in [0.15, 0.2) is 0 Å². The Hall–Kier alpha value is -1.82. The van der Waals surface area contributed by atoms with E-state index in [1.165, 1.54) is 0 Å². The molecule has 1 aromatic heterocycles. The van der Waals surface area contributed by atoms with Crippen LogP contribution in [0, 0.1) is 0 Å². The van der Waals surface area contributed by atoms with Gasteiger partial charge in [0, 0.05) is 13.1 Å². The van der Waals surface area contributed by atoms with Crippen molar-refractivity contribution in [3.63, 3.8) is 0 Å². The normalized spacial score (nSPS) is 9.94. The largest absolute Gasteiger partial charge is 0.384 e. The lowest BCUT2D eigenvalue weighted by Crippen LogP contribution is -2.20. The van der Waals surface area contributed by atoms with E-state index >= 15 is 0 Å². The molecule has 0 aromatic carbocycles. The number of nitrogens with two attached hydrogens (primary N) is 1. The molecule has 0 aliphatic carbocycles. The Morgan fingerprint density at radius 2 is 2.12 bits per heavy atom. The van der Waals surface area contributed by atoms with Crippen molar-refractivity contribution in [2.24, 2.45) is 5.73 Å². The molecule has 1 heterocycles. The minimum atomic E-state index is -0.458. The zero-order chi connectivity index (χ0) is 12.5. The van der Waals surface area contributed by atoms with E-state index in [2.05, 4.69) is 15.6 Å². The number of aromatic nitrogens is 1. The summed E-state index contributed by atoms with van der Waals surface area (Å²) in [5.74, 6) is -0.458. The quantitative estimate of drug-likeness (QED) is 0.571. The summed E-state index contributed by atoms with van der Waals surface area (Å²) >= 11 is 0. The molecule has 1 rings (SSSR count). The molecule has 0 atom stereocenters. The predicted octanol–water partition coefficient (Wildman–Crippen LogP) is 0.427. The Balaban J connectivity index is 2.26. The molecule has 0 saturated carbocycles. The Bertz CT molecular complexity index is 357. The number of nitrogens with zero attached hydrogens (tertiary/aromatic N) is 1. The molecule has 1 aromatic rings. The minimum absolute atomic E-state index is 0.0443. The molecule has 6 nitrogen and oxygen atoms in total. The maximum atomic E-state index is 10.4. The van der Waals surface area contributed by atoms with Gasteiger partial charge in [0.05, 0.1) is 30.4 Å². The molecular weight excluding hydrogens is 220 g/mol. The smallest absolute Gasteiger partial charge is 0.243 e. The van der Waals surface area contributed by atoms with Crippen LogP contribution >= 0.6 is 0 Å². The molecule has 0 bridgehead atoms. The molecule has 1 amide bonds. The SMILES string of the molecule is CCNc1cncc(NCCOCC(N)=O)c1. The summed E-state index contributed by atoms with van der Waals surface area (Å²) in [6, 6.07) is 1.96. The van der Waals surface area contributed by atoms with Gasteiger partial charge in [-0.1, -0.05) is 0 Å². The molecule has 0 spiro atoms. The Kier molecular flexibility index (Phi) is 5.81. The van der Waals surface area contributed by atoms with Crippen molar-refractivity contribution in [2.45, 2.75) is 6.92 Å². The van der Waals surface area contributed by atoms with Crippen LogP contribution in [-0.4, -0.2) is 37.2 Å². The number of anilines is 2. The zero-order valence-corrected chi connectivity index (χ0v) is 9.90. The van der Waals surface area contributed by atoms with E-state index in [0.717, 1.165) is 17.9 Å². The average molecular weight is 238 g/mol. The number of pyridine rings is 1. The first kappa shape index (κ1) is 13.2. The third kappa shape index (κ3) is 5.72. The lowest BCUT2D eigenvalue weighted by atomic mass is 10.3. The van der Waals surface area contributed by atoms with E-state index < -0.39 is 5.91 Å². The highest BCUT2D eigenvalue weighted by Gasteiger charge is 1.96. The molecule has 0 aliphatic rings. The van der Waals surface area contributed by atoms with Gasteiger partial charge in [-0.05, 0) is 13.0 Å². The second kappa shape index (κ2) is 7.45. The average Bonchev–Trinajstić information content (AvgIpc) is 2.29. The molecule has 0 saturated heterocycles. The number of carbonyl (C=O) groups is 1. The third-order valence-electron chi connectivity index (χ3n) is 1.94. The van der Waals surface area contributed by atoms with Gasteiger partial charge in [-0.25, -0.2) is 0 Å². The van der Waals surface area contributed by atoms with Crippen LogP contribution in [0.25, 0.3) is 0 Å². The van der Waals surface area contributed by atoms with Gasteiger partial charge >= 0.3 is 0 Å². The van der Waals surface area contributed by atoms with Gasteiger partial charge in [0.1, 0.15) is 6.61 Å².